The lowest BCUT2D eigenvalue weighted by Crippen LogP contribution is -1.98. The average molecular weight is 263 g/mol. The molecule has 0 fully saturated rings. The maximum absolute atomic E-state index is 12.3. The molecule has 2 rings (SSSR count). The molecule has 0 spiro atoms. The van der Waals surface area contributed by atoms with Crippen LogP contribution in [0.2, 0.25) is 0 Å². The molecule has 0 aromatic heterocycles. The van der Waals surface area contributed by atoms with Gasteiger partial charge < -0.3 is 4.52 Å². The topological polar surface area (TPSA) is 35.5 Å². The van der Waals surface area contributed by atoms with E-state index in [2.05, 4.69) is 6.92 Å². The average Bonchev–Trinajstić information content (AvgIpc) is 2.28. The Morgan fingerprint density at radius 2 is 2.00 bits per heavy atom. The van der Waals surface area contributed by atoms with Crippen molar-refractivity contribution in [1.82, 2.24) is 0 Å². The fourth-order valence-corrected chi connectivity index (χ4v) is 3.23. The van der Waals surface area contributed by atoms with Crippen molar-refractivity contribution in [2.75, 3.05) is 6.61 Å². The molecule has 0 saturated carbocycles. The lowest BCUT2D eigenvalue weighted by molar-refractivity contribution is 0.262. The molecule has 95 valence electrons. The molecule has 0 bridgehead atoms. The van der Waals surface area contributed by atoms with Gasteiger partial charge in [-0.2, -0.15) is 0 Å². The summed E-state index contributed by atoms with van der Waals surface area (Å²) in [5.74, 6) is 1.92. The number of hydrogen-bond acceptors (Lipinski definition) is 3. The molecule has 1 aliphatic rings. The van der Waals surface area contributed by atoms with E-state index >= 15 is 0 Å². The molecule has 0 amide bonds. The van der Waals surface area contributed by atoms with Crippen molar-refractivity contribution in [2.45, 2.75) is 13.8 Å². The number of allylic oxidation sites excluding steroid dienone is 3. The second-order valence-electron chi connectivity index (χ2n) is 4.11. The summed E-state index contributed by atoms with van der Waals surface area (Å²) in [5, 5.41) is 0. The summed E-state index contributed by atoms with van der Waals surface area (Å²) in [7, 11) is -3.20. The van der Waals surface area contributed by atoms with E-state index in [0.29, 0.717) is 12.4 Å². The number of aryl methyl sites for hydroxylation is 1. The van der Waals surface area contributed by atoms with Crippen molar-refractivity contribution in [3.8, 4) is 0 Å². The lowest BCUT2D eigenvalue weighted by Gasteiger charge is -2.21. The Bertz CT molecular complexity index is 541. The zero-order valence-electron chi connectivity index (χ0n) is 10.6. The predicted octanol–water partition coefficient (Wildman–Crippen LogP) is 4.31. The van der Waals surface area contributed by atoms with Crippen molar-refractivity contribution in [3.63, 3.8) is 0 Å². The Morgan fingerprint density at radius 3 is 2.61 bits per heavy atom. The van der Waals surface area contributed by atoms with Crippen molar-refractivity contribution in [2.24, 2.45) is 0 Å². The zero-order valence-corrected chi connectivity index (χ0v) is 11.4. The Hall–Kier alpha value is -1.31. The van der Waals surface area contributed by atoms with Crippen LogP contribution in [0.1, 0.15) is 18.1 Å². The monoisotopic (exact) mass is 263 g/mol. The molecule has 0 aliphatic carbocycles. The number of hydrogen-bond donors (Lipinski definition) is 0. The van der Waals surface area contributed by atoms with Crippen LogP contribution >= 0.6 is 7.60 Å². The van der Waals surface area contributed by atoms with Crippen LogP contribution < -0.4 is 0 Å². The van der Waals surface area contributed by atoms with E-state index in [1.165, 1.54) is 5.56 Å². The summed E-state index contributed by atoms with van der Waals surface area (Å²) in [5.41, 5.74) is 2.98. The molecule has 1 radical (unpaired) electrons. The number of benzene rings is 1. The Kier molecular flexibility index (Phi) is 3.74. The minimum absolute atomic E-state index is 0.336. The van der Waals surface area contributed by atoms with Gasteiger partial charge in [0.25, 0.3) is 0 Å². The second-order valence-corrected chi connectivity index (χ2v) is 5.89. The smallest absolute Gasteiger partial charge is 0.403 e. The molecular formula is C14H16O3P. The van der Waals surface area contributed by atoms with Gasteiger partial charge in [0.15, 0.2) is 0 Å². The molecule has 1 aromatic carbocycles. The molecule has 0 saturated heterocycles. The summed E-state index contributed by atoms with van der Waals surface area (Å²) in [6.07, 6.45) is 1.76. The van der Waals surface area contributed by atoms with Gasteiger partial charge in [0, 0.05) is 12.7 Å². The first-order valence-corrected chi connectivity index (χ1v) is 7.41. The van der Waals surface area contributed by atoms with Gasteiger partial charge in [-0.05, 0) is 31.1 Å². The Balaban J connectivity index is 2.39. The molecule has 1 aromatic rings. The normalized spacial score (nSPS) is 23.1. The standard InChI is InChI=1S/C14H16O3P/c1-4-16-18(15)10-14(9-12(3)17-18)13-7-5-11(2)6-8-13/h5-10H,3-4H2,1-2H3. The minimum atomic E-state index is -3.20. The van der Waals surface area contributed by atoms with Crippen LogP contribution in [0, 0.1) is 13.8 Å². The van der Waals surface area contributed by atoms with Crippen LogP contribution in [0.15, 0.2) is 41.9 Å². The first kappa shape index (κ1) is 13.1. The molecule has 1 unspecified atom stereocenters. The van der Waals surface area contributed by atoms with Gasteiger partial charge >= 0.3 is 7.60 Å². The third kappa shape index (κ3) is 2.92. The van der Waals surface area contributed by atoms with E-state index in [0.717, 1.165) is 11.1 Å². The second kappa shape index (κ2) is 5.13. The van der Waals surface area contributed by atoms with Gasteiger partial charge in [0.1, 0.15) is 5.76 Å². The SMILES string of the molecule is [CH2]C1=CC(c2ccc(C)cc2)=CP(=O)(OCC)O1. The van der Waals surface area contributed by atoms with Crippen LogP contribution in [0.25, 0.3) is 5.57 Å². The highest BCUT2D eigenvalue weighted by Crippen LogP contribution is 2.55. The van der Waals surface area contributed by atoms with Gasteiger partial charge in [0.2, 0.25) is 0 Å². The molecule has 4 heteroatoms. The molecule has 1 aliphatic heterocycles. The first-order chi connectivity index (χ1) is 8.52. The summed E-state index contributed by atoms with van der Waals surface area (Å²) >= 11 is 0. The molecular weight excluding hydrogens is 247 g/mol. The summed E-state index contributed by atoms with van der Waals surface area (Å²) in [6, 6.07) is 7.97. The van der Waals surface area contributed by atoms with Crippen molar-refractivity contribution in [3.05, 3.63) is 60.0 Å². The van der Waals surface area contributed by atoms with E-state index < -0.39 is 7.60 Å². The first-order valence-electron chi connectivity index (χ1n) is 5.80. The van der Waals surface area contributed by atoms with Crippen LogP contribution in [0.5, 0.6) is 0 Å². The Morgan fingerprint density at radius 1 is 1.33 bits per heavy atom. The van der Waals surface area contributed by atoms with E-state index in [-0.39, 0.29) is 0 Å². The molecule has 1 heterocycles. The summed E-state index contributed by atoms with van der Waals surface area (Å²) in [6.45, 7) is 7.85. The van der Waals surface area contributed by atoms with Crippen LogP contribution in [0.3, 0.4) is 0 Å². The summed E-state index contributed by atoms with van der Waals surface area (Å²) in [4.78, 5) is 0. The maximum atomic E-state index is 12.3. The zero-order chi connectivity index (χ0) is 13.2. The van der Waals surface area contributed by atoms with Crippen LogP contribution in [0.4, 0.5) is 0 Å². The van der Waals surface area contributed by atoms with Crippen LogP contribution in [-0.2, 0) is 13.6 Å². The highest BCUT2D eigenvalue weighted by molar-refractivity contribution is 7.57. The third-order valence-electron chi connectivity index (χ3n) is 2.55. The molecule has 3 nitrogen and oxygen atoms in total. The maximum Gasteiger partial charge on any atom is 0.403 e. The highest BCUT2D eigenvalue weighted by Gasteiger charge is 2.27. The fraction of sp³-hybridized carbons (Fsp3) is 0.214. The van der Waals surface area contributed by atoms with Crippen molar-refractivity contribution in [1.29, 1.82) is 0 Å². The van der Waals surface area contributed by atoms with Gasteiger partial charge in [-0.15, -0.1) is 0 Å². The van der Waals surface area contributed by atoms with E-state index in [9.17, 15) is 4.57 Å². The van der Waals surface area contributed by atoms with Crippen molar-refractivity contribution >= 4 is 13.2 Å². The van der Waals surface area contributed by atoms with E-state index in [1.807, 2.05) is 31.2 Å². The van der Waals surface area contributed by atoms with E-state index in [1.54, 1.807) is 18.8 Å². The highest BCUT2D eigenvalue weighted by atomic mass is 31.2. The predicted molar refractivity (Wildman–Crippen MR) is 72.9 cm³/mol. The van der Waals surface area contributed by atoms with Gasteiger partial charge in [-0.25, -0.2) is 4.57 Å². The molecule has 18 heavy (non-hydrogen) atoms. The quantitative estimate of drug-likeness (QED) is 0.762. The lowest BCUT2D eigenvalue weighted by atomic mass is 10.1. The van der Waals surface area contributed by atoms with Gasteiger partial charge in [-0.3, -0.25) is 4.52 Å². The van der Waals surface area contributed by atoms with Gasteiger partial charge in [-0.1, -0.05) is 29.8 Å². The Labute approximate surface area is 108 Å². The van der Waals surface area contributed by atoms with Crippen molar-refractivity contribution < 1.29 is 13.6 Å². The van der Waals surface area contributed by atoms with Crippen LogP contribution in [-0.4, -0.2) is 6.61 Å². The summed E-state index contributed by atoms with van der Waals surface area (Å²) < 4.78 is 22.7. The molecule has 0 N–H and O–H groups in total. The molecule has 1 atom stereocenters. The van der Waals surface area contributed by atoms with Gasteiger partial charge in [0.05, 0.1) is 6.61 Å². The third-order valence-corrected chi connectivity index (χ3v) is 4.25. The van der Waals surface area contributed by atoms with E-state index in [4.69, 9.17) is 9.05 Å². The largest absolute Gasteiger partial charge is 0.426 e. The fourth-order valence-electron chi connectivity index (χ4n) is 1.74. The minimum Gasteiger partial charge on any atom is -0.426 e. The number of rotatable bonds is 3.